The molecule has 0 spiro atoms. The van der Waals surface area contributed by atoms with Gasteiger partial charge in [-0.3, -0.25) is 0 Å². The smallest absolute Gasteiger partial charge is 0.131 e. The van der Waals surface area contributed by atoms with Crippen molar-refractivity contribution in [3.8, 4) is 5.75 Å². The van der Waals surface area contributed by atoms with Gasteiger partial charge in [0.1, 0.15) is 18.2 Å². The zero-order valence-electron chi connectivity index (χ0n) is 11.4. The van der Waals surface area contributed by atoms with E-state index in [9.17, 15) is 4.39 Å². The Bertz CT molecular complexity index is 638. The molecule has 0 atom stereocenters. The molecule has 0 aliphatic carbocycles. The van der Waals surface area contributed by atoms with Crippen molar-refractivity contribution < 1.29 is 14.3 Å². The lowest BCUT2D eigenvalue weighted by Gasteiger charge is -2.14. The van der Waals surface area contributed by atoms with Gasteiger partial charge in [-0.25, -0.2) is 4.39 Å². The quantitative estimate of drug-likeness (QED) is 0.521. The van der Waals surface area contributed by atoms with E-state index in [0.717, 1.165) is 5.56 Å². The molecule has 2 aromatic carbocycles. The van der Waals surface area contributed by atoms with Crippen molar-refractivity contribution in [2.24, 2.45) is 5.16 Å². The van der Waals surface area contributed by atoms with Gasteiger partial charge in [-0.05, 0) is 31.5 Å². The van der Waals surface area contributed by atoms with E-state index in [2.05, 4.69) is 5.16 Å². The molecule has 0 aliphatic heterocycles. The molecule has 0 radical (unpaired) electrons. The van der Waals surface area contributed by atoms with Crippen molar-refractivity contribution in [1.29, 1.82) is 0 Å². The average molecular weight is 273 g/mol. The number of ether oxygens (including phenoxy) is 1. The number of hydrogen-bond acceptors (Lipinski definition) is 3. The van der Waals surface area contributed by atoms with E-state index >= 15 is 0 Å². The van der Waals surface area contributed by atoms with Crippen LogP contribution in [0.1, 0.15) is 23.6 Å². The molecule has 0 unspecified atom stereocenters. The molecule has 0 amide bonds. The molecule has 1 N–H and O–H groups in total. The van der Waals surface area contributed by atoms with Crippen LogP contribution in [0.15, 0.2) is 47.6 Å². The summed E-state index contributed by atoms with van der Waals surface area (Å²) in [6, 6.07) is 12.0. The number of aryl methyl sites for hydroxylation is 1. The van der Waals surface area contributed by atoms with Gasteiger partial charge in [0, 0.05) is 11.1 Å². The van der Waals surface area contributed by atoms with Crippen LogP contribution < -0.4 is 4.74 Å². The lowest BCUT2D eigenvalue weighted by Crippen LogP contribution is -2.05. The molecular weight excluding hydrogens is 257 g/mol. The Morgan fingerprint density at radius 2 is 1.95 bits per heavy atom. The lowest BCUT2D eigenvalue weighted by atomic mass is 10.1. The van der Waals surface area contributed by atoms with Crippen molar-refractivity contribution in [2.45, 2.75) is 20.5 Å². The second kappa shape index (κ2) is 6.19. The van der Waals surface area contributed by atoms with Crippen LogP contribution in [0.5, 0.6) is 5.75 Å². The fourth-order valence-electron chi connectivity index (χ4n) is 1.95. The summed E-state index contributed by atoms with van der Waals surface area (Å²) in [5.74, 6) is 0.307. The zero-order chi connectivity index (χ0) is 14.5. The van der Waals surface area contributed by atoms with Crippen LogP contribution in [0.4, 0.5) is 4.39 Å². The van der Waals surface area contributed by atoms with Gasteiger partial charge in [0.25, 0.3) is 0 Å². The van der Waals surface area contributed by atoms with Crippen LogP contribution in [0.25, 0.3) is 0 Å². The third kappa shape index (κ3) is 2.96. The van der Waals surface area contributed by atoms with E-state index in [1.165, 1.54) is 6.07 Å². The molecule has 3 nitrogen and oxygen atoms in total. The molecule has 0 fully saturated rings. The minimum Gasteiger partial charge on any atom is -0.488 e. The van der Waals surface area contributed by atoms with Crippen molar-refractivity contribution >= 4 is 5.71 Å². The highest BCUT2D eigenvalue weighted by atomic mass is 19.1. The summed E-state index contributed by atoms with van der Waals surface area (Å²) in [4.78, 5) is 0. The summed E-state index contributed by atoms with van der Waals surface area (Å²) in [7, 11) is 0. The molecule has 0 saturated carbocycles. The Morgan fingerprint density at radius 1 is 1.20 bits per heavy atom. The second-order valence-corrected chi connectivity index (χ2v) is 4.52. The molecule has 20 heavy (non-hydrogen) atoms. The van der Waals surface area contributed by atoms with Crippen molar-refractivity contribution in [2.75, 3.05) is 0 Å². The normalized spacial score (nSPS) is 11.4. The first-order valence-electron chi connectivity index (χ1n) is 6.28. The fraction of sp³-hybridized carbons (Fsp3) is 0.188. The van der Waals surface area contributed by atoms with Crippen LogP contribution in [-0.2, 0) is 6.61 Å². The standard InChI is InChI=1S/C16H16FNO2/c1-11-6-5-8-14(12(2)18-19)16(11)20-10-13-7-3-4-9-15(13)17/h3-9,19H,10H2,1-2H3/b18-12+. The van der Waals surface area contributed by atoms with Crippen LogP contribution >= 0.6 is 0 Å². The highest BCUT2D eigenvalue weighted by Gasteiger charge is 2.11. The average Bonchev–Trinajstić information content (AvgIpc) is 2.46. The van der Waals surface area contributed by atoms with E-state index in [1.54, 1.807) is 31.2 Å². The summed E-state index contributed by atoms with van der Waals surface area (Å²) in [5.41, 5.74) is 2.54. The number of hydrogen-bond donors (Lipinski definition) is 1. The summed E-state index contributed by atoms with van der Waals surface area (Å²) < 4.78 is 19.3. The second-order valence-electron chi connectivity index (χ2n) is 4.52. The van der Waals surface area contributed by atoms with Gasteiger partial charge in [0.05, 0.1) is 5.71 Å². The summed E-state index contributed by atoms with van der Waals surface area (Å²) in [5, 5.41) is 12.1. The Morgan fingerprint density at radius 3 is 2.65 bits per heavy atom. The largest absolute Gasteiger partial charge is 0.488 e. The number of rotatable bonds is 4. The van der Waals surface area contributed by atoms with Crippen LogP contribution in [0.2, 0.25) is 0 Å². The van der Waals surface area contributed by atoms with E-state index in [1.807, 2.05) is 19.1 Å². The van der Waals surface area contributed by atoms with Gasteiger partial charge < -0.3 is 9.94 Å². The van der Waals surface area contributed by atoms with Crippen LogP contribution in [0, 0.1) is 12.7 Å². The highest BCUT2D eigenvalue weighted by Crippen LogP contribution is 2.25. The van der Waals surface area contributed by atoms with Gasteiger partial charge >= 0.3 is 0 Å². The Kier molecular flexibility index (Phi) is 4.35. The van der Waals surface area contributed by atoms with Crippen molar-refractivity contribution in [3.05, 3.63) is 65.0 Å². The molecular formula is C16H16FNO2. The van der Waals surface area contributed by atoms with E-state index in [0.29, 0.717) is 22.6 Å². The Hall–Kier alpha value is -2.36. The summed E-state index contributed by atoms with van der Waals surface area (Å²) in [6.07, 6.45) is 0. The van der Waals surface area contributed by atoms with Crippen LogP contribution in [0.3, 0.4) is 0 Å². The molecule has 0 saturated heterocycles. The molecule has 104 valence electrons. The third-order valence-electron chi connectivity index (χ3n) is 3.08. The summed E-state index contributed by atoms with van der Waals surface area (Å²) >= 11 is 0. The van der Waals surface area contributed by atoms with E-state index in [4.69, 9.17) is 9.94 Å². The topological polar surface area (TPSA) is 41.8 Å². The van der Waals surface area contributed by atoms with Gasteiger partial charge in [-0.1, -0.05) is 35.5 Å². The number of para-hydroxylation sites is 1. The van der Waals surface area contributed by atoms with Gasteiger partial charge in [0.15, 0.2) is 0 Å². The van der Waals surface area contributed by atoms with E-state index < -0.39 is 0 Å². The SMILES string of the molecule is C/C(=N\O)c1cccc(C)c1OCc1ccccc1F. The minimum absolute atomic E-state index is 0.128. The maximum atomic E-state index is 13.6. The first kappa shape index (κ1) is 14.1. The summed E-state index contributed by atoms with van der Waals surface area (Å²) in [6.45, 7) is 3.71. The number of oxime groups is 1. The fourth-order valence-corrected chi connectivity index (χ4v) is 1.95. The molecule has 0 aliphatic rings. The molecule has 4 heteroatoms. The van der Waals surface area contributed by atoms with Gasteiger partial charge in [0.2, 0.25) is 0 Å². The first-order valence-corrected chi connectivity index (χ1v) is 6.28. The number of halogens is 1. The molecule has 0 aromatic heterocycles. The predicted molar refractivity (Wildman–Crippen MR) is 75.9 cm³/mol. The molecule has 0 heterocycles. The van der Waals surface area contributed by atoms with Crippen molar-refractivity contribution in [1.82, 2.24) is 0 Å². The Balaban J connectivity index is 2.28. The Labute approximate surface area is 117 Å². The first-order chi connectivity index (χ1) is 9.63. The molecule has 2 rings (SSSR count). The lowest BCUT2D eigenvalue weighted by molar-refractivity contribution is 0.296. The van der Waals surface area contributed by atoms with Gasteiger partial charge in [-0.15, -0.1) is 0 Å². The third-order valence-corrected chi connectivity index (χ3v) is 3.08. The maximum Gasteiger partial charge on any atom is 0.131 e. The molecule has 0 bridgehead atoms. The van der Waals surface area contributed by atoms with Gasteiger partial charge in [-0.2, -0.15) is 0 Å². The number of benzene rings is 2. The number of nitrogens with zero attached hydrogens (tertiary/aromatic N) is 1. The predicted octanol–water partition coefficient (Wildman–Crippen LogP) is 3.91. The highest BCUT2D eigenvalue weighted by molar-refractivity contribution is 6.01. The molecule has 2 aromatic rings. The van der Waals surface area contributed by atoms with E-state index in [-0.39, 0.29) is 12.4 Å². The van der Waals surface area contributed by atoms with Crippen molar-refractivity contribution in [3.63, 3.8) is 0 Å². The minimum atomic E-state index is -0.296. The maximum absolute atomic E-state index is 13.6. The zero-order valence-corrected chi connectivity index (χ0v) is 11.4. The van der Waals surface area contributed by atoms with Crippen LogP contribution in [-0.4, -0.2) is 10.9 Å². The monoisotopic (exact) mass is 273 g/mol.